The number of hydrogen-bond acceptors (Lipinski definition) is 3. The first-order chi connectivity index (χ1) is 10.00. The molecule has 116 valence electrons. The van der Waals surface area contributed by atoms with Crippen LogP contribution >= 0.6 is 0 Å². The number of piperidine rings is 1. The van der Waals surface area contributed by atoms with Gasteiger partial charge in [-0.15, -0.1) is 0 Å². The number of anilines is 1. The smallest absolute Gasteiger partial charge is 0.304 e. The fraction of sp³-hybridized carbons (Fsp3) is 0.600. The number of aliphatic hydroxyl groups excluding tert-OH is 1. The SMILES string of the molecule is CC1CCCN(S(=O)(=O)N2CCC(O)c3ccccc32)C1. The van der Waals surface area contributed by atoms with Crippen molar-refractivity contribution in [2.24, 2.45) is 5.92 Å². The normalized spacial score (nSPS) is 27.4. The van der Waals surface area contributed by atoms with E-state index < -0.39 is 16.3 Å². The molecule has 3 rings (SSSR count). The van der Waals surface area contributed by atoms with E-state index in [2.05, 4.69) is 6.92 Å². The summed E-state index contributed by atoms with van der Waals surface area (Å²) in [6, 6.07) is 7.24. The van der Waals surface area contributed by atoms with Gasteiger partial charge in [0.25, 0.3) is 0 Å². The molecule has 0 aromatic heterocycles. The van der Waals surface area contributed by atoms with E-state index in [0.29, 0.717) is 43.2 Å². The van der Waals surface area contributed by atoms with Crippen LogP contribution in [0, 0.1) is 5.92 Å². The number of hydrogen-bond donors (Lipinski definition) is 1. The first-order valence-corrected chi connectivity index (χ1v) is 8.94. The minimum absolute atomic E-state index is 0.339. The molecule has 2 aliphatic rings. The Kier molecular flexibility index (Phi) is 3.94. The minimum Gasteiger partial charge on any atom is -0.388 e. The summed E-state index contributed by atoms with van der Waals surface area (Å²) < 4.78 is 28.9. The van der Waals surface area contributed by atoms with Crippen LogP contribution < -0.4 is 4.31 Å². The second-order valence-electron chi connectivity index (χ2n) is 6.05. The van der Waals surface area contributed by atoms with Crippen LogP contribution in [0.25, 0.3) is 0 Å². The highest BCUT2D eigenvalue weighted by atomic mass is 32.2. The predicted molar refractivity (Wildman–Crippen MR) is 82.3 cm³/mol. The van der Waals surface area contributed by atoms with E-state index in [-0.39, 0.29) is 0 Å². The van der Waals surface area contributed by atoms with Gasteiger partial charge in [0.05, 0.1) is 11.8 Å². The molecule has 1 aromatic rings. The van der Waals surface area contributed by atoms with Gasteiger partial charge >= 0.3 is 10.2 Å². The Morgan fingerprint density at radius 3 is 2.71 bits per heavy atom. The van der Waals surface area contributed by atoms with Crippen LogP contribution in [0.15, 0.2) is 24.3 Å². The molecule has 0 bridgehead atoms. The first kappa shape index (κ1) is 14.8. The van der Waals surface area contributed by atoms with Crippen molar-refractivity contribution in [2.75, 3.05) is 23.9 Å². The summed E-state index contributed by atoms with van der Waals surface area (Å²) in [7, 11) is -3.50. The van der Waals surface area contributed by atoms with Crippen molar-refractivity contribution in [1.29, 1.82) is 0 Å². The van der Waals surface area contributed by atoms with Gasteiger partial charge < -0.3 is 5.11 Å². The zero-order chi connectivity index (χ0) is 15.0. The number of para-hydroxylation sites is 1. The first-order valence-electron chi connectivity index (χ1n) is 7.55. The van der Waals surface area contributed by atoms with E-state index in [1.807, 2.05) is 12.1 Å². The fourth-order valence-corrected chi connectivity index (χ4v) is 5.08. The van der Waals surface area contributed by atoms with Gasteiger partial charge in [-0.1, -0.05) is 25.1 Å². The van der Waals surface area contributed by atoms with E-state index >= 15 is 0 Å². The lowest BCUT2D eigenvalue weighted by atomic mass is 10.0. The van der Waals surface area contributed by atoms with E-state index in [4.69, 9.17) is 0 Å². The topological polar surface area (TPSA) is 60.9 Å². The molecule has 1 saturated heterocycles. The molecule has 1 fully saturated rings. The van der Waals surface area contributed by atoms with Crippen LogP contribution in [0.2, 0.25) is 0 Å². The standard InChI is InChI=1S/C15H22N2O3S/c1-12-5-4-9-16(11-12)21(19,20)17-10-8-15(18)13-6-2-3-7-14(13)17/h2-3,6-7,12,15,18H,4-5,8-11H2,1H3. The van der Waals surface area contributed by atoms with Crippen LogP contribution in [0.4, 0.5) is 5.69 Å². The van der Waals surface area contributed by atoms with E-state index in [1.54, 1.807) is 16.4 Å². The third-order valence-electron chi connectivity index (χ3n) is 4.39. The summed E-state index contributed by atoms with van der Waals surface area (Å²) >= 11 is 0. The van der Waals surface area contributed by atoms with Crippen LogP contribution in [0.1, 0.15) is 37.9 Å². The lowest BCUT2D eigenvalue weighted by molar-refractivity contribution is 0.166. The average Bonchev–Trinajstić information content (AvgIpc) is 2.47. The molecule has 0 radical (unpaired) electrons. The van der Waals surface area contributed by atoms with Crippen LogP contribution in [0.5, 0.6) is 0 Å². The van der Waals surface area contributed by atoms with Crippen molar-refractivity contribution in [3.05, 3.63) is 29.8 Å². The fourth-order valence-electron chi connectivity index (χ4n) is 3.25. The number of nitrogens with zero attached hydrogens (tertiary/aromatic N) is 2. The van der Waals surface area contributed by atoms with Gasteiger partial charge in [-0.05, 0) is 31.2 Å². The molecule has 0 saturated carbocycles. The molecule has 2 atom stereocenters. The lowest BCUT2D eigenvalue weighted by Crippen LogP contribution is -2.49. The van der Waals surface area contributed by atoms with Crippen molar-refractivity contribution >= 4 is 15.9 Å². The highest BCUT2D eigenvalue weighted by Gasteiger charge is 2.36. The van der Waals surface area contributed by atoms with Crippen molar-refractivity contribution in [1.82, 2.24) is 4.31 Å². The molecular weight excluding hydrogens is 288 g/mol. The zero-order valence-corrected chi connectivity index (χ0v) is 13.1. The summed E-state index contributed by atoms with van der Waals surface area (Å²) in [5.74, 6) is 0.402. The van der Waals surface area contributed by atoms with Gasteiger partial charge in [-0.2, -0.15) is 12.7 Å². The Bertz CT molecular complexity index is 617. The van der Waals surface area contributed by atoms with Crippen molar-refractivity contribution in [3.8, 4) is 0 Å². The maximum atomic E-state index is 12.9. The molecule has 2 unspecified atom stereocenters. The lowest BCUT2D eigenvalue weighted by Gasteiger charge is -2.38. The summed E-state index contributed by atoms with van der Waals surface area (Å²) in [5.41, 5.74) is 1.33. The maximum absolute atomic E-state index is 12.9. The Balaban J connectivity index is 1.95. The number of aliphatic hydroxyl groups is 1. The van der Waals surface area contributed by atoms with E-state index in [1.165, 1.54) is 4.31 Å². The molecule has 0 aliphatic carbocycles. The largest absolute Gasteiger partial charge is 0.388 e. The van der Waals surface area contributed by atoms with Gasteiger partial charge in [-0.3, -0.25) is 4.31 Å². The quantitative estimate of drug-likeness (QED) is 0.907. The van der Waals surface area contributed by atoms with Crippen LogP contribution in [0.3, 0.4) is 0 Å². The Morgan fingerprint density at radius 1 is 1.19 bits per heavy atom. The molecule has 5 nitrogen and oxygen atoms in total. The second-order valence-corrected chi connectivity index (χ2v) is 7.90. The molecule has 2 aliphatic heterocycles. The minimum atomic E-state index is -3.50. The average molecular weight is 310 g/mol. The van der Waals surface area contributed by atoms with E-state index in [0.717, 1.165) is 12.8 Å². The van der Waals surface area contributed by atoms with Gasteiger partial charge in [0, 0.05) is 25.2 Å². The number of fused-ring (bicyclic) bond motifs is 1. The summed E-state index contributed by atoms with van der Waals surface area (Å²) in [6.45, 7) is 3.61. The molecular formula is C15H22N2O3S. The number of rotatable bonds is 2. The van der Waals surface area contributed by atoms with Crippen LogP contribution in [-0.4, -0.2) is 37.5 Å². The summed E-state index contributed by atoms with van der Waals surface area (Å²) in [4.78, 5) is 0. The molecule has 21 heavy (non-hydrogen) atoms. The molecule has 1 aromatic carbocycles. The predicted octanol–water partition coefficient (Wildman–Crippen LogP) is 1.91. The second kappa shape index (κ2) is 5.59. The van der Waals surface area contributed by atoms with Gasteiger partial charge in [-0.25, -0.2) is 0 Å². The Morgan fingerprint density at radius 2 is 1.95 bits per heavy atom. The Labute approximate surface area is 126 Å². The molecule has 0 amide bonds. The van der Waals surface area contributed by atoms with Crippen molar-refractivity contribution < 1.29 is 13.5 Å². The molecule has 1 N–H and O–H groups in total. The third-order valence-corrected chi connectivity index (χ3v) is 6.32. The van der Waals surface area contributed by atoms with Crippen molar-refractivity contribution in [3.63, 3.8) is 0 Å². The number of benzene rings is 1. The highest BCUT2D eigenvalue weighted by molar-refractivity contribution is 7.90. The van der Waals surface area contributed by atoms with Gasteiger partial charge in [0.1, 0.15) is 0 Å². The highest BCUT2D eigenvalue weighted by Crippen LogP contribution is 2.36. The molecule has 2 heterocycles. The molecule has 6 heteroatoms. The summed E-state index contributed by atoms with van der Waals surface area (Å²) in [6.07, 6.45) is 1.87. The maximum Gasteiger partial charge on any atom is 0.304 e. The van der Waals surface area contributed by atoms with Crippen molar-refractivity contribution in [2.45, 2.75) is 32.3 Å². The van der Waals surface area contributed by atoms with Gasteiger partial charge in [0.15, 0.2) is 0 Å². The van der Waals surface area contributed by atoms with E-state index in [9.17, 15) is 13.5 Å². The zero-order valence-electron chi connectivity index (χ0n) is 12.3. The van der Waals surface area contributed by atoms with Gasteiger partial charge in [0.2, 0.25) is 0 Å². The Hall–Kier alpha value is -1.11. The third kappa shape index (κ3) is 2.67. The summed E-state index contributed by atoms with van der Waals surface area (Å²) in [5, 5.41) is 10.1. The van der Waals surface area contributed by atoms with Crippen LogP contribution in [-0.2, 0) is 10.2 Å². The monoisotopic (exact) mass is 310 g/mol. The molecule has 0 spiro atoms.